The molecule has 0 spiro atoms. The first-order chi connectivity index (χ1) is 10.4. The summed E-state index contributed by atoms with van der Waals surface area (Å²) in [6, 6.07) is 2.10. The zero-order chi connectivity index (χ0) is 16.3. The molecule has 0 fully saturated rings. The molecule has 0 saturated heterocycles. The smallest absolute Gasteiger partial charge is 0.387 e. The number of aromatic amines is 1. The molecule has 118 valence electrons. The Morgan fingerprint density at radius 2 is 2.05 bits per heavy atom. The average Bonchev–Trinajstić information content (AvgIpc) is 2.73. The Morgan fingerprint density at radius 1 is 1.32 bits per heavy atom. The van der Waals surface area contributed by atoms with Crippen LogP contribution in [0.25, 0.3) is 0 Å². The van der Waals surface area contributed by atoms with Crippen LogP contribution in [0.2, 0.25) is 0 Å². The predicted molar refractivity (Wildman–Crippen MR) is 73.7 cm³/mol. The van der Waals surface area contributed by atoms with E-state index in [0.29, 0.717) is 17.1 Å². The number of carbonyl (C=O) groups excluding carboxylic acids is 1. The number of hydrogen-bond acceptors (Lipinski definition) is 3. The fourth-order valence-corrected chi connectivity index (χ4v) is 1.80. The van der Waals surface area contributed by atoms with Gasteiger partial charge in [0.15, 0.2) is 0 Å². The number of hydrogen-bond donors (Lipinski definition) is 3. The van der Waals surface area contributed by atoms with E-state index in [4.69, 9.17) is 0 Å². The molecule has 6 nitrogen and oxygen atoms in total. The maximum absolute atomic E-state index is 13.2. The molecular weight excluding hydrogens is 301 g/mol. The predicted octanol–water partition coefficient (Wildman–Crippen LogP) is 3.41. The standard InChI is InChI=1S/C13H13F3N4O2/c1-6-11(7(2)20-19-6)18-13(21)17-9-5-8(14)3-4-10(9)22-12(15)16/h3-5,12H,1-2H3,(H,19,20)(H2,17,18,21). The second kappa shape index (κ2) is 6.37. The summed E-state index contributed by atoms with van der Waals surface area (Å²) in [5.41, 5.74) is 1.41. The molecule has 1 heterocycles. The first-order valence-corrected chi connectivity index (χ1v) is 6.20. The van der Waals surface area contributed by atoms with Crippen LogP contribution in [0.5, 0.6) is 5.75 Å². The van der Waals surface area contributed by atoms with Crippen molar-refractivity contribution < 1.29 is 22.7 Å². The van der Waals surface area contributed by atoms with Crippen LogP contribution in [-0.4, -0.2) is 22.8 Å². The highest BCUT2D eigenvalue weighted by Gasteiger charge is 2.15. The van der Waals surface area contributed by atoms with Gasteiger partial charge in [-0.2, -0.15) is 13.9 Å². The van der Waals surface area contributed by atoms with E-state index in [1.807, 2.05) is 0 Å². The number of H-pyrrole nitrogens is 1. The Morgan fingerprint density at radius 3 is 2.64 bits per heavy atom. The minimum Gasteiger partial charge on any atom is -0.433 e. The lowest BCUT2D eigenvalue weighted by Gasteiger charge is -2.12. The van der Waals surface area contributed by atoms with Crippen molar-refractivity contribution in [3.63, 3.8) is 0 Å². The first-order valence-electron chi connectivity index (χ1n) is 6.20. The van der Waals surface area contributed by atoms with E-state index in [2.05, 4.69) is 25.6 Å². The number of benzene rings is 1. The van der Waals surface area contributed by atoms with E-state index >= 15 is 0 Å². The number of aryl methyl sites for hydroxylation is 2. The summed E-state index contributed by atoms with van der Waals surface area (Å²) < 4.78 is 42.0. The Kier molecular flexibility index (Phi) is 4.54. The van der Waals surface area contributed by atoms with Crippen molar-refractivity contribution in [3.05, 3.63) is 35.4 Å². The molecule has 0 aliphatic rings. The number of ether oxygens (including phenoxy) is 1. The van der Waals surface area contributed by atoms with Crippen molar-refractivity contribution in [3.8, 4) is 5.75 Å². The highest BCUT2D eigenvalue weighted by molar-refractivity contribution is 6.01. The second-order valence-corrected chi connectivity index (χ2v) is 4.41. The lowest BCUT2D eigenvalue weighted by Crippen LogP contribution is -2.21. The summed E-state index contributed by atoms with van der Waals surface area (Å²) in [6.45, 7) is 0.280. The van der Waals surface area contributed by atoms with Crippen LogP contribution in [0.15, 0.2) is 18.2 Å². The summed E-state index contributed by atoms with van der Waals surface area (Å²) in [6.07, 6.45) is 0. The summed E-state index contributed by atoms with van der Waals surface area (Å²) in [4.78, 5) is 11.9. The molecular formula is C13H13F3N4O2. The van der Waals surface area contributed by atoms with Gasteiger partial charge in [-0.1, -0.05) is 0 Å². The van der Waals surface area contributed by atoms with Crippen LogP contribution in [0.3, 0.4) is 0 Å². The van der Waals surface area contributed by atoms with Gasteiger partial charge >= 0.3 is 12.6 Å². The summed E-state index contributed by atoms with van der Waals surface area (Å²) in [7, 11) is 0. The van der Waals surface area contributed by atoms with Crippen molar-refractivity contribution in [2.45, 2.75) is 20.5 Å². The Labute approximate surface area is 123 Å². The molecule has 0 unspecified atom stereocenters. The fraction of sp³-hybridized carbons (Fsp3) is 0.231. The van der Waals surface area contributed by atoms with Gasteiger partial charge in [0.1, 0.15) is 11.6 Å². The van der Waals surface area contributed by atoms with Crippen LogP contribution in [0.1, 0.15) is 11.4 Å². The van der Waals surface area contributed by atoms with Crippen molar-refractivity contribution in [1.82, 2.24) is 10.2 Å². The number of halogens is 3. The van der Waals surface area contributed by atoms with E-state index < -0.39 is 18.5 Å². The number of urea groups is 1. The minimum absolute atomic E-state index is 0.211. The molecule has 3 N–H and O–H groups in total. The lowest BCUT2D eigenvalue weighted by molar-refractivity contribution is -0.0493. The first kappa shape index (κ1) is 15.7. The monoisotopic (exact) mass is 314 g/mol. The molecule has 0 radical (unpaired) electrons. The molecule has 0 aliphatic carbocycles. The van der Waals surface area contributed by atoms with Gasteiger partial charge in [0.05, 0.1) is 22.8 Å². The summed E-state index contributed by atoms with van der Waals surface area (Å²) in [5, 5.41) is 11.3. The van der Waals surface area contributed by atoms with Gasteiger partial charge in [0.25, 0.3) is 0 Å². The molecule has 0 bridgehead atoms. The van der Waals surface area contributed by atoms with E-state index in [9.17, 15) is 18.0 Å². The van der Waals surface area contributed by atoms with Crippen LogP contribution in [0.4, 0.5) is 29.3 Å². The molecule has 0 atom stereocenters. The number of alkyl halides is 2. The van der Waals surface area contributed by atoms with Gasteiger partial charge in [-0.05, 0) is 26.0 Å². The second-order valence-electron chi connectivity index (χ2n) is 4.41. The van der Waals surface area contributed by atoms with Crippen LogP contribution in [0, 0.1) is 19.7 Å². The average molecular weight is 314 g/mol. The number of aromatic nitrogens is 2. The Hall–Kier alpha value is -2.71. The highest BCUT2D eigenvalue weighted by Crippen LogP contribution is 2.27. The molecule has 9 heteroatoms. The van der Waals surface area contributed by atoms with Gasteiger partial charge in [0.2, 0.25) is 0 Å². The Balaban J connectivity index is 2.16. The van der Waals surface area contributed by atoms with E-state index in [1.165, 1.54) is 0 Å². The maximum Gasteiger partial charge on any atom is 0.387 e. The minimum atomic E-state index is -3.09. The molecule has 0 aliphatic heterocycles. The topological polar surface area (TPSA) is 79.0 Å². The number of anilines is 2. The largest absolute Gasteiger partial charge is 0.433 e. The lowest BCUT2D eigenvalue weighted by atomic mass is 10.3. The zero-order valence-corrected chi connectivity index (χ0v) is 11.7. The quantitative estimate of drug-likeness (QED) is 0.809. The molecule has 2 amide bonds. The molecule has 2 aromatic rings. The van der Waals surface area contributed by atoms with Crippen molar-refractivity contribution >= 4 is 17.4 Å². The van der Waals surface area contributed by atoms with E-state index in [0.717, 1.165) is 18.2 Å². The van der Waals surface area contributed by atoms with Crippen LogP contribution in [-0.2, 0) is 0 Å². The molecule has 1 aromatic heterocycles. The molecule has 2 rings (SSSR count). The maximum atomic E-state index is 13.2. The number of amides is 2. The van der Waals surface area contributed by atoms with Crippen LogP contribution < -0.4 is 15.4 Å². The number of nitrogens with one attached hydrogen (secondary N) is 3. The van der Waals surface area contributed by atoms with Gasteiger partial charge in [0, 0.05) is 6.07 Å². The third kappa shape index (κ3) is 3.68. The number of carbonyl (C=O) groups is 1. The fourth-order valence-electron chi connectivity index (χ4n) is 1.80. The molecule has 22 heavy (non-hydrogen) atoms. The van der Waals surface area contributed by atoms with Crippen molar-refractivity contribution in [1.29, 1.82) is 0 Å². The van der Waals surface area contributed by atoms with Gasteiger partial charge in [-0.3, -0.25) is 5.10 Å². The molecule has 0 saturated carbocycles. The van der Waals surface area contributed by atoms with Gasteiger partial charge in [-0.15, -0.1) is 0 Å². The normalized spacial score (nSPS) is 10.6. The SMILES string of the molecule is Cc1n[nH]c(C)c1NC(=O)Nc1cc(F)ccc1OC(F)F. The van der Waals surface area contributed by atoms with E-state index in [1.54, 1.807) is 13.8 Å². The van der Waals surface area contributed by atoms with Crippen LogP contribution >= 0.6 is 0 Å². The Bertz CT molecular complexity index is 668. The van der Waals surface area contributed by atoms with E-state index in [-0.39, 0.29) is 11.4 Å². The van der Waals surface area contributed by atoms with Gasteiger partial charge in [-0.25, -0.2) is 9.18 Å². The number of nitrogens with zero attached hydrogens (tertiary/aromatic N) is 1. The third-order valence-electron chi connectivity index (χ3n) is 2.77. The third-order valence-corrected chi connectivity index (χ3v) is 2.77. The zero-order valence-electron chi connectivity index (χ0n) is 11.7. The van der Waals surface area contributed by atoms with Crippen molar-refractivity contribution in [2.75, 3.05) is 10.6 Å². The van der Waals surface area contributed by atoms with Gasteiger partial charge < -0.3 is 15.4 Å². The highest BCUT2D eigenvalue weighted by atomic mass is 19.3. The van der Waals surface area contributed by atoms with Crippen molar-refractivity contribution in [2.24, 2.45) is 0 Å². The number of rotatable bonds is 4. The molecule has 1 aromatic carbocycles. The summed E-state index contributed by atoms with van der Waals surface area (Å²) in [5.74, 6) is -1.04. The summed E-state index contributed by atoms with van der Waals surface area (Å²) >= 11 is 0.